The van der Waals surface area contributed by atoms with Crippen molar-refractivity contribution in [1.82, 2.24) is 55.2 Å². The third-order valence-electron chi connectivity index (χ3n) is 14.0. The van der Waals surface area contributed by atoms with E-state index in [4.69, 9.17) is 9.15 Å². The van der Waals surface area contributed by atoms with Crippen molar-refractivity contribution in [3.05, 3.63) is 71.6 Å². The lowest BCUT2D eigenvalue weighted by Crippen LogP contribution is -2.52. The Hall–Kier alpha value is -8.06. The van der Waals surface area contributed by atoms with Crippen molar-refractivity contribution in [2.75, 3.05) is 127 Å². The van der Waals surface area contributed by atoms with Gasteiger partial charge in [-0.3, -0.25) is 48.4 Å². The highest BCUT2D eigenvalue weighted by Crippen LogP contribution is 2.42. The summed E-state index contributed by atoms with van der Waals surface area (Å²) in [7, 11) is 0. The van der Waals surface area contributed by atoms with Gasteiger partial charge in [-0.1, -0.05) is 30.0 Å². The van der Waals surface area contributed by atoms with E-state index in [0.717, 1.165) is 18.8 Å². The van der Waals surface area contributed by atoms with E-state index in [9.17, 15) is 67.2 Å². The number of aromatic nitrogens is 4. The van der Waals surface area contributed by atoms with Crippen LogP contribution in [0.4, 0.5) is 24.8 Å². The zero-order valence-electron chi connectivity index (χ0n) is 47.5. The number of fused-ring (bicyclic) bond motifs is 2. The summed E-state index contributed by atoms with van der Waals surface area (Å²) >= 11 is 1.19. The van der Waals surface area contributed by atoms with Crippen LogP contribution in [0, 0.1) is 0 Å². The second kappa shape index (κ2) is 31.7. The van der Waals surface area contributed by atoms with Gasteiger partial charge in [0.05, 0.1) is 25.7 Å². The maximum absolute atomic E-state index is 14.1. The third kappa shape index (κ3) is 19.5. The van der Waals surface area contributed by atoms with Gasteiger partial charge in [-0.15, -0.1) is 20.4 Å². The summed E-state index contributed by atoms with van der Waals surface area (Å²) in [5.74, 6) is -6.94. The van der Waals surface area contributed by atoms with Gasteiger partial charge in [0, 0.05) is 144 Å². The fourth-order valence-corrected chi connectivity index (χ4v) is 10.4. The lowest BCUT2D eigenvalue weighted by Gasteiger charge is -2.35. The first kappa shape index (κ1) is 66.1. The smallest absolute Gasteiger partial charge is 0.480 e. The van der Waals surface area contributed by atoms with E-state index in [1.165, 1.54) is 23.3 Å². The van der Waals surface area contributed by atoms with Crippen LogP contribution >= 0.6 is 11.8 Å². The number of alkyl halides is 3. The Kier molecular flexibility index (Phi) is 24.7. The lowest BCUT2D eigenvalue weighted by molar-refractivity contribution is -0.206. The molecule has 0 radical (unpaired) electrons. The van der Waals surface area contributed by atoms with E-state index in [1.54, 1.807) is 62.9 Å². The Labute approximate surface area is 491 Å². The summed E-state index contributed by atoms with van der Waals surface area (Å²) in [6.45, 7) is 9.13. The fraction of sp³-hybridized carbons (Fsp3) is 0.491. The van der Waals surface area contributed by atoms with Gasteiger partial charge in [0.25, 0.3) is 18.1 Å². The summed E-state index contributed by atoms with van der Waals surface area (Å²) in [4.78, 5) is 94.8. The second-order valence-corrected chi connectivity index (χ2v) is 20.7. The summed E-state index contributed by atoms with van der Waals surface area (Å²) in [5, 5.41) is 65.1. The number of amides is 2. The van der Waals surface area contributed by atoms with E-state index in [2.05, 4.69) is 41.2 Å². The number of nitrogens with one attached hydrogen (secondary N) is 3. The molecule has 0 saturated carbocycles. The van der Waals surface area contributed by atoms with Crippen LogP contribution in [0.15, 0.2) is 70.2 Å². The maximum atomic E-state index is 14.1. The Morgan fingerprint density at radius 1 is 0.741 bits per heavy atom. The summed E-state index contributed by atoms with van der Waals surface area (Å²) in [6.07, 6.45) is -6.75. The molecule has 2 aliphatic heterocycles. The summed E-state index contributed by atoms with van der Waals surface area (Å²) < 4.78 is 52.3. The number of esters is 1. The molecule has 3 aliphatic rings. The molecule has 1 aromatic heterocycles. The quantitative estimate of drug-likeness (QED) is 0.00992. The maximum Gasteiger partial charge on any atom is 0.491 e. The number of carbonyl (C=O) groups is 7. The van der Waals surface area contributed by atoms with E-state index < -0.39 is 54.2 Å². The van der Waals surface area contributed by atoms with Crippen LogP contribution < -0.4 is 30.8 Å². The van der Waals surface area contributed by atoms with Gasteiger partial charge in [0.15, 0.2) is 0 Å². The minimum absolute atomic E-state index is 0.0613. The average Bonchev–Trinajstić information content (AvgIpc) is 1.18. The molecule has 3 aromatic rings. The van der Waals surface area contributed by atoms with Gasteiger partial charge < -0.3 is 50.4 Å². The monoisotopic (exact) mass is 1210 g/mol. The van der Waals surface area contributed by atoms with Crippen molar-refractivity contribution in [2.24, 2.45) is 0 Å². The molecule has 460 valence electrons. The van der Waals surface area contributed by atoms with Crippen molar-refractivity contribution < 1.29 is 76.3 Å². The molecule has 2 atom stereocenters. The number of nitrogens with zero attached hydrogens (tertiary/aromatic N) is 10. The number of aliphatic carboxylic acids is 4. The molecule has 1 aliphatic carbocycles. The standard InChI is InChI=1S/C55H70F3N13O13S/c1-5-69(6-2)36-12-14-40-43(30-36)84-44-31-37(71(7-3)35(4)83-52(82)55(56,57)58)13-15-41(44)49(40)38-10-8-9-11-39(38)50(79)60-20-29-85-54-64-62-53(63-65-54)61-19-18-59-45(72)17-16-42(51(80)81)70-27-25-67(33-47(75)76)23-21-66(32-46(73)74)22-24-68(26-28-70)34-48(77)78/h8-15,30-31,35,42H,5-7,16-29,32-34H2,1-4H3,(H6-,59,60,61,62,63,72,73,74,75,76,77,78,79,80,81)/p+1. The zero-order valence-corrected chi connectivity index (χ0v) is 48.4. The second-order valence-electron chi connectivity index (χ2n) is 19.7. The highest BCUT2D eigenvalue weighted by molar-refractivity contribution is 7.99. The van der Waals surface area contributed by atoms with Crippen LogP contribution in [0.5, 0.6) is 0 Å². The molecule has 26 nitrogen and oxygen atoms in total. The van der Waals surface area contributed by atoms with E-state index >= 15 is 0 Å². The molecule has 30 heteroatoms. The first-order chi connectivity index (χ1) is 40.6. The number of thioether (sulfide) groups is 1. The minimum Gasteiger partial charge on any atom is -0.480 e. The van der Waals surface area contributed by atoms with Gasteiger partial charge >= 0.3 is 36.0 Å². The lowest BCUT2D eigenvalue weighted by atomic mass is 9.90. The van der Waals surface area contributed by atoms with Gasteiger partial charge in [-0.2, -0.15) is 17.7 Å². The highest BCUT2D eigenvalue weighted by atomic mass is 32.2. The third-order valence-corrected chi connectivity index (χ3v) is 14.8. The van der Waals surface area contributed by atoms with Crippen LogP contribution in [0.25, 0.3) is 33.4 Å². The topological polar surface area (TPSA) is 330 Å². The first-order valence-electron chi connectivity index (χ1n) is 27.6. The molecular weight excluding hydrogens is 1140 g/mol. The number of rotatable bonds is 27. The van der Waals surface area contributed by atoms with Crippen LogP contribution in [-0.4, -0.2) is 238 Å². The molecule has 2 amide bonds. The van der Waals surface area contributed by atoms with E-state index in [-0.39, 0.29) is 128 Å². The van der Waals surface area contributed by atoms with Gasteiger partial charge in [-0.05, 0) is 57.0 Å². The molecule has 2 aromatic carbocycles. The SMILES string of the molecule is CCN(CC)c1ccc2c(-c3ccccc3C(=O)NCCSc3nnc(NCCNC(=O)CCC(C(=O)O)N4CCN(CC(=O)O)CCN(CC(=O)O)CCN(CC(=O)O)CC4)nn3)c3ccc(=[N+](CC)C(C)OC(=O)C(F)(F)F)cc-3oc2c1. The van der Waals surface area contributed by atoms with Gasteiger partial charge in [-0.25, -0.2) is 4.79 Å². The number of anilines is 2. The number of hydrogen-bond acceptors (Lipinski definition) is 20. The Balaban J connectivity index is 1.04. The number of halogens is 3. The fourth-order valence-electron chi connectivity index (χ4n) is 9.81. The Morgan fingerprint density at radius 2 is 1.34 bits per heavy atom. The molecule has 3 heterocycles. The zero-order chi connectivity index (χ0) is 61.8. The molecule has 0 spiro atoms. The molecule has 85 heavy (non-hydrogen) atoms. The van der Waals surface area contributed by atoms with Crippen molar-refractivity contribution >= 4 is 76.0 Å². The van der Waals surface area contributed by atoms with Crippen LogP contribution in [0.3, 0.4) is 0 Å². The van der Waals surface area contributed by atoms with E-state index in [1.807, 2.05) is 38.1 Å². The van der Waals surface area contributed by atoms with Crippen LogP contribution in [0.1, 0.15) is 50.9 Å². The number of benzene rings is 3. The normalized spacial score (nSPS) is 15.4. The number of hydrogen-bond donors (Lipinski definition) is 7. The Morgan fingerprint density at radius 3 is 1.91 bits per heavy atom. The van der Waals surface area contributed by atoms with Crippen molar-refractivity contribution in [1.29, 1.82) is 0 Å². The van der Waals surface area contributed by atoms with Crippen LogP contribution in [0.2, 0.25) is 0 Å². The van der Waals surface area contributed by atoms with Crippen molar-refractivity contribution in [3.63, 3.8) is 0 Å². The minimum atomic E-state index is -5.17. The molecule has 0 bridgehead atoms. The van der Waals surface area contributed by atoms with Gasteiger partial charge in [0.1, 0.15) is 23.9 Å². The molecule has 1 fully saturated rings. The molecular formula is C55H71F3N13O13S+. The Bertz CT molecular complexity index is 3140. The first-order valence-corrected chi connectivity index (χ1v) is 28.6. The number of carbonyl (C=O) groups excluding carboxylic acids is 3. The molecule has 2 unspecified atom stereocenters. The molecule has 7 N–H and O–H groups in total. The predicted molar refractivity (Wildman–Crippen MR) is 306 cm³/mol. The van der Waals surface area contributed by atoms with E-state index in [0.29, 0.717) is 50.1 Å². The summed E-state index contributed by atoms with van der Waals surface area (Å²) in [5.41, 5.74) is 3.61. The summed E-state index contributed by atoms with van der Waals surface area (Å²) in [6, 6.07) is 16.8. The predicted octanol–water partition coefficient (Wildman–Crippen LogP) is 2.63. The van der Waals surface area contributed by atoms with Gasteiger partial charge in [0.2, 0.25) is 16.4 Å². The average molecular weight is 1210 g/mol. The molecule has 1 saturated heterocycles. The number of carboxylic acids is 4. The highest BCUT2D eigenvalue weighted by Gasteiger charge is 2.43. The molecule has 6 rings (SSSR count). The van der Waals surface area contributed by atoms with Crippen molar-refractivity contribution in [3.8, 4) is 22.5 Å². The van der Waals surface area contributed by atoms with Crippen LogP contribution in [-0.2, 0) is 33.5 Å². The number of ether oxygens (including phenoxy) is 1. The largest absolute Gasteiger partial charge is 0.491 e. The van der Waals surface area contributed by atoms with Crippen molar-refractivity contribution in [2.45, 2.75) is 64.1 Å². The number of carboxylic acid groups (broad SMARTS) is 4.